The minimum Gasteiger partial charge on any atom is -0.490 e. The van der Waals surface area contributed by atoms with E-state index in [0.717, 1.165) is 32.2 Å². The van der Waals surface area contributed by atoms with Crippen LogP contribution in [0.4, 0.5) is 13.2 Å². The molecular formula is C31H32F3N3O2. The summed E-state index contributed by atoms with van der Waals surface area (Å²) in [6.07, 6.45) is -5.26. The van der Waals surface area contributed by atoms with Crippen LogP contribution in [0, 0.1) is 6.92 Å². The smallest absolute Gasteiger partial charge is 0.433 e. The third kappa shape index (κ3) is 6.41. The Morgan fingerprint density at radius 1 is 0.872 bits per heavy atom. The number of halogens is 3. The maximum Gasteiger partial charge on any atom is 0.433 e. The van der Waals surface area contributed by atoms with Crippen molar-refractivity contribution < 1.29 is 23.0 Å². The quantitative estimate of drug-likeness (QED) is 0.313. The fraction of sp³-hybridized carbons (Fsp3) is 0.323. The molecule has 1 aliphatic rings. The molecule has 2 heterocycles. The largest absolute Gasteiger partial charge is 0.490 e. The fourth-order valence-corrected chi connectivity index (χ4v) is 5.34. The van der Waals surface area contributed by atoms with E-state index in [4.69, 9.17) is 4.74 Å². The first kappa shape index (κ1) is 27.1. The van der Waals surface area contributed by atoms with Gasteiger partial charge in [-0.3, -0.25) is 9.80 Å². The molecule has 0 aliphatic carbocycles. The van der Waals surface area contributed by atoms with Gasteiger partial charge in [0.15, 0.2) is 0 Å². The van der Waals surface area contributed by atoms with E-state index >= 15 is 0 Å². The van der Waals surface area contributed by atoms with E-state index in [2.05, 4.69) is 63.3 Å². The zero-order valence-corrected chi connectivity index (χ0v) is 21.8. The molecule has 0 amide bonds. The van der Waals surface area contributed by atoms with Crippen LogP contribution < -0.4 is 4.74 Å². The van der Waals surface area contributed by atoms with Gasteiger partial charge in [0.1, 0.15) is 24.2 Å². The topological polar surface area (TPSA) is 48.8 Å². The molecular weight excluding hydrogens is 503 g/mol. The molecule has 8 heteroatoms. The van der Waals surface area contributed by atoms with Gasteiger partial charge in [-0.05, 0) is 41.8 Å². The van der Waals surface area contributed by atoms with Gasteiger partial charge in [0.25, 0.3) is 0 Å². The van der Waals surface area contributed by atoms with Crippen molar-refractivity contribution in [1.82, 2.24) is 14.8 Å². The Bertz CT molecular complexity index is 1340. The summed E-state index contributed by atoms with van der Waals surface area (Å²) in [7, 11) is 0. The predicted molar refractivity (Wildman–Crippen MR) is 146 cm³/mol. The van der Waals surface area contributed by atoms with Crippen molar-refractivity contribution in [3.63, 3.8) is 0 Å². The average Bonchev–Trinajstić information content (AvgIpc) is 2.93. The van der Waals surface area contributed by atoms with E-state index in [0.29, 0.717) is 23.2 Å². The third-order valence-corrected chi connectivity index (χ3v) is 7.19. The molecule has 0 spiro atoms. The van der Waals surface area contributed by atoms with Crippen molar-refractivity contribution in [2.24, 2.45) is 0 Å². The van der Waals surface area contributed by atoms with Crippen molar-refractivity contribution in [3.05, 3.63) is 107 Å². The second kappa shape index (κ2) is 11.7. The van der Waals surface area contributed by atoms with E-state index in [9.17, 15) is 18.3 Å². The summed E-state index contributed by atoms with van der Waals surface area (Å²) < 4.78 is 45.4. The predicted octanol–water partition coefficient (Wildman–Crippen LogP) is 5.71. The Balaban J connectivity index is 1.20. The first-order valence-corrected chi connectivity index (χ1v) is 13.1. The first-order chi connectivity index (χ1) is 18.8. The number of hydrogen-bond acceptors (Lipinski definition) is 5. The Hall–Kier alpha value is -3.46. The summed E-state index contributed by atoms with van der Waals surface area (Å²) in [6.45, 7) is 5.44. The highest BCUT2D eigenvalue weighted by molar-refractivity contribution is 5.88. The number of aliphatic hydroxyl groups is 1. The van der Waals surface area contributed by atoms with Gasteiger partial charge >= 0.3 is 6.18 Å². The maximum absolute atomic E-state index is 13.2. The number of benzene rings is 3. The van der Waals surface area contributed by atoms with E-state index in [1.54, 1.807) is 25.1 Å². The lowest BCUT2D eigenvalue weighted by Crippen LogP contribution is -2.50. The summed E-state index contributed by atoms with van der Waals surface area (Å²) in [5.74, 6) is 0.420. The second-order valence-electron chi connectivity index (χ2n) is 10.00. The second-order valence-corrected chi connectivity index (χ2v) is 10.00. The Morgan fingerprint density at radius 2 is 1.49 bits per heavy atom. The number of ether oxygens (including phenoxy) is 1. The number of hydrogen-bond donors (Lipinski definition) is 1. The first-order valence-electron chi connectivity index (χ1n) is 13.1. The van der Waals surface area contributed by atoms with Crippen LogP contribution in [-0.4, -0.2) is 65.3 Å². The normalized spacial score (nSPS) is 16.1. The molecule has 1 fully saturated rings. The van der Waals surface area contributed by atoms with Crippen molar-refractivity contribution in [1.29, 1.82) is 0 Å². The number of aromatic nitrogens is 1. The molecule has 4 aromatic rings. The number of piperazine rings is 1. The monoisotopic (exact) mass is 535 g/mol. The molecule has 39 heavy (non-hydrogen) atoms. The van der Waals surface area contributed by atoms with Crippen molar-refractivity contribution >= 4 is 10.9 Å². The summed E-state index contributed by atoms with van der Waals surface area (Å²) in [5.41, 5.74) is 2.24. The van der Waals surface area contributed by atoms with Crippen LogP contribution in [0.1, 0.15) is 28.4 Å². The summed E-state index contributed by atoms with van der Waals surface area (Å²) in [5, 5.41) is 11.3. The summed E-state index contributed by atoms with van der Waals surface area (Å²) >= 11 is 0. The van der Waals surface area contributed by atoms with Crippen molar-refractivity contribution in [3.8, 4) is 5.75 Å². The molecule has 1 aromatic heterocycles. The molecule has 0 bridgehead atoms. The molecule has 3 aromatic carbocycles. The molecule has 1 unspecified atom stereocenters. The summed E-state index contributed by atoms with van der Waals surface area (Å²) in [4.78, 5) is 8.48. The number of alkyl halides is 3. The van der Waals surface area contributed by atoms with Gasteiger partial charge in [-0.15, -0.1) is 0 Å². The molecule has 1 atom stereocenters. The van der Waals surface area contributed by atoms with E-state index in [1.165, 1.54) is 11.1 Å². The summed E-state index contributed by atoms with van der Waals surface area (Å²) in [6, 6.07) is 27.1. The van der Waals surface area contributed by atoms with Crippen LogP contribution in [0.2, 0.25) is 0 Å². The molecule has 1 N–H and O–H groups in total. The zero-order valence-electron chi connectivity index (χ0n) is 21.8. The molecule has 1 aliphatic heterocycles. The van der Waals surface area contributed by atoms with Crippen LogP contribution in [0.3, 0.4) is 0 Å². The SMILES string of the molecule is Cc1cc(C(F)(F)F)nc2cccc(OCC(O)CN3CCN(C(c4ccccc4)c4ccccc4)CC3)c12. The average molecular weight is 536 g/mol. The van der Waals surface area contributed by atoms with Gasteiger partial charge < -0.3 is 9.84 Å². The molecule has 5 rings (SSSR count). The number of β-amino-alcohol motifs (C(OH)–C–C–N with tert-alkyl or cyclic N) is 1. The van der Waals surface area contributed by atoms with Crippen molar-refractivity contribution in [2.75, 3.05) is 39.3 Å². The van der Waals surface area contributed by atoms with Gasteiger partial charge in [-0.1, -0.05) is 66.7 Å². The lowest BCUT2D eigenvalue weighted by molar-refractivity contribution is -0.141. The maximum atomic E-state index is 13.2. The standard InChI is InChI=1S/C31H32F3N3O2/c1-22-19-28(31(32,33)34)35-26-13-8-14-27(29(22)26)39-21-25(38)20-36-15-17-37(18-16-36)30(23-9-4-2-5-10-23)24-11-6-3-7-12-24/h2-14,19,25,30,38H,15-18,20-21H2,1H3. The van der Waals surface area contributed by atoms with Gasteiger partial charge in [0.05, 0.1) is 11.6 Å². The lowest BCUT2D eigenvalue weighted by Gasteiger charge is -2.40. The van der Waals surface area contributed by atoms with Gasteiger partial charge in [-0.2, -0.15) is 13.2 Å². The molecule has 1 saturated heterocycles. The van der Waals surface area contributed by atoms with E-state index in [-0.39, 0.29) is 18.2 Å². The number of rotatable bonds is 8. The highest BCUT2D eigenvalue weighted by Gasteiger charge is 2.33. The highest BCUT2D eigenvalue weighted by atomic mass is 19.4. The molecule has 0 saturated carbocycles. The van der Waals surface area contributed by atoms with E-state index < -0.39 is 18.0 Å². The highest BCUT2D eigenvalue weighted by Crippen LogP contribution is 2.34. The number of fused-ring (bicyclic) bond motifs is 1. The number of nitrogens with zero attached hydrogens (tertiary/aromatic N) is 3. The Labute approximate surface area is 226 Å². The van der Waals surface area contributed by atoms with Crippen LogP contribution in [0.25, 0.3) is 10.9 Å². The van der Waals surface area contributed by atoms with Crippen LogP contribution >= 0.6 is 0 Å². The van der Waals surface area contributed by atoms with E-state index in [1.807, 2.05) is 12.1 Å². The van der Waals surface area contributed by atoms with Crippen LogP contribution in [-0.2, 0) is 6.18 Å². The Kier molecular flexibility index (Phi) is 8.16. The number of aryl methyl sites for hydroxylation is 1. The Morgan fingerprint density at radius 3 is 2.08 bits per heavy atom. The van der Waals surface area contributed by atoms with Crippen LogP contribution in [0.5, 0.6) is 5.75 Å². The molecule has 204 valence electrons. The minimum atomic E-state index is -4.52. The number of pyridine rings is 1. The minimum absolute atomic E-state index is 0.0381. The zero-order chi connectivity index (χ0) is 27.4. The fourth-order valence-electron chi connectivity index (χ4n) is 5.34. The van der Waals surface area contributed by atoms with Crippen LogP contribution in [0.15, 0.2) is 84.9 Å². The molecule has 0 radical (unpaired) electrons. The number of aliphatic hydroxyl groups excluding tert-OH is 1. The van der Waals surface area contributed by atoms with Gasteiger partial charge in [0.2, 0.25) is 0 Å². The van der Waals surface area contributed by atoms with Gasteiger partial charge in [-0.25, -0.2) is 4.98 Å². The van der Waals surface area contributed by atoms with Gasteiger partial charge in [0, 0.05) is 38.1 Å². The molecule has 5 nitrogen and oxygen atoms in total. The lowest BCUT2D eigenvalue weighted by atomic mass is 9.96. The third-order valence-electron chi connectivity index (χ3n) is 7.19. The van der Waals surface area contributed by atoms with Crippen molar-refractivity contribution in [2.45, 2.75) is 25.2 Å².